The molecule has 17 heavy (non-hydrogen) atoms. The summed E-state index contributed by atoms with van der Waals surface area (Å²) >= 11 is 0. The van der Waals surface area contributed by atoms with Crippen LogP contribution in [0.2, 0.25) is 0 Å². The minimum Gasteiger partial charge on any atom is -0.393 e. The van der Waals surface area contributed by atoms with Gasteiger partial charge in [0, 0.05) is 6.42 Å². The van der Waals surface area contributed by atoms with Crippen molar-refractivity contribution >= 4 is 0 Å². The van der Waals surface area contributed by atoms with Crippen molar-refractivity contribution in [3.05, 3.63) is 0 Å². The summed E-state index contributed by atoms with van der Waals surface area (Å²) in [4.78, 5) is 0. The van der Waals surface area contributed by atoms with Crippen LogP contribution in [0, 0.1) is 0 Å². The van der Waals surface area contributed by atoms with Crippen LogP contribution in [-0.4, -0.2) is 43.8 Å². The molecule has 0 fully saturated rings. The first-order chi connectivity index (χ1) is 7.67. The lowest BCUT2D eigenvalue weighted by atomic mass is 9.82. The molecule has 0 aliphatic carbocycles. The lowest BCUT2D eigenvalue weighted by Gasteiger charge is -2.35. The van der Waals surface area contributed by atoms with Gasteiger partial charge in [0.05, 0.1) is 23.4 Å². The highest BCUT2D eigenvalue weighted by Gasteiger charge is 2.36. The normalized spacial score (nSPS) is 19.8. The molecule has 0 heterocycles. The zero-order chi connectivity index (χ0) is 13.7. The Morgan fingerprint density at radius 1 is 1.06 bits per heavy atom. The predicted molar refractivity (Wildman–Crippen MR) is 67.7 cm³/mol. The molecular formula is C13H28O4. The summed E-state index contributed by atoms with van der Waals surface area (Å²) in [6.07, 6.45) is 0.527. The summed E-state index contributed by atoms with van der Waals surface area (Å²) in [5.41, 5.74) is -2.19. The molecule has 0 aromatic rings. The van der Waals surface area contributed by atoms with Crippen molar-refractivity contribution in [1.82, 2.24) is 0 Å². The maximum atomic E-state index is 10.1. The Morgan fingerprint density at radius 3 is 1.88 bits per heavy atom. The Hall–Kier alpha value is -0.160. The molecule has 3 unspecified atom stereocenters. The van der Waals surface area contributed by atoms with Gasteiger partial charge >= 0.3 is 0 Å². The third-order valence-corrected chi connectivity index (χ3v) is 3.68. The number of hydrogen-bond donors (Lipinski definition) is 4. The van der Waals surface area contributed by atoms with Gasteiger partial charge in [0.1, 0.15) is 0 Å². The van der Waals surface area contributed by atoms with Gasteiger partial charge < -0.3 is 20.4 Å². The molecule has 0 bridgehead atoms. The number of aliphatic hydroxyl groups is 4. The lowest BCUT2D eigenvalue weighted by molar-refractivity contribution is -0.111. The van der Waals surface area contributed by atoms with E-state index < -0.39 is 23.4 Å². The molecule has 0 rings (SSSR count). The van der Waals surface area contributed by atoms with Crippen LogP contribution < -0.4 is 0 Å². The Bertz CT molecular complexity index is 209. The van der Waals surface area contributed by atoms with Gasteiger partial charge in [-0.3, -0.25) is 0 Å². The SMILES string of the molecule is CCC(O)(CC)CC(O)C(C)(O)CCC(C)O. The third-order valence-electron chi connectivity index (χ3n) is 3.68. The molecule has 3 atom stereocenters. The van der Waals surface area contributed by atoms with E-state index in [0.29, 0.717) is 25.7 Å². The summed E-state index contributed by atoms with van der Waals surface area (Å²) < 4.78 is 0. The van der Waals surface area contributed by atoms with Crippen LogP contribution in [0.15, 0.2) is 0 Å². The first kappa shape index (κ1) is 16.8. The quantitative estimate of drug-likeness (QED) is 0.520. The van der Waals surface area contributed by atoms with Crippen LogP contribution in [0.25, 0.3) is 0 Å². The largest absolute Gasteiger partial charge is 0.393 e. The van der Waals surface area contributed by atoms with Crippen LogP contribution in [-0.2, 0) is 0 Å². The van der Waals surface area contributed by atoms with Crippen molar-refractivity contribution in [1.29, 1.82) is 0 Å². The molecule has 4 nitrogen and oxygen atoms in total. The standard InChI is InChI=1S/C13H28O4/c1-5-13(17,6-2)9-11(15)12(4,16)8-7-10(3)14/h10-11,14-17H,5-9H2,1-4H3. The van der Waals surface area contributed by atoms with E-state index in [0.717, 1.165) is 0 Å². The van der Waals surface area contributed by atoms with Gasteiger partial charge in [-0.25, -0.2) is 0 Å². The number of aliphatic hydroxyl groups excluding tert-OH is 2. The van der Waals surface area contributed by atoms with Gasteiger partial charge in [-0.05, 0) is 39.5 Å². The monoisotopic (exact) mass is 248 g/mol. The summed E-state index contributed by atoms with van der Waals surface area (Å²) in [5.74, 6) is 0. The Balaban J connectivity index is 4.41. The maximum absolute atomic E-state index is 10.1. The van der Waals surface area contributed by atoms with Gasteiger partial charge in [0.15, 0.2) is 0 Å². The summed E-state index contributed by atoms with van der Waals surface area (Å²) in [6.45, 7) is 6.92. The molecule has 0 saturated carbocycles. The number of rotatable bonds is 8. The molecular weight excluding hydrogens is 220 g/mol. The average Bonchev–Trinajstić information content (AvgIpc) is 2.26. The molecule has 104 valence electrons. The van der Waals surface area contributed by atoms with E-state index >= 15 is 0 Å². The van der Waals surface area contributed by atoms with Crippen molar-refractivity contribution in [3.8, 4) is 0 Å². The van der Waals surface area contributed by atoms with Crippen LogP contribution in [0.1, 0.15) is 59.8 Å². The second kappa shape index (κ2) is 6.69. The van der Waals surface area contributed by atoms with Gasteiger partial charge in [0.2, 0.25) is 0 Å². The minimum atomic E-state index is -1.27. The molecule has 4 heteroatoms. The molecule has 0 amide bonds. The fraction of sp³-hybridized carbons (Fsp3) is 1.00. The summed E-state index contributed by atoms with van der Waals surface area (Å²) in [7, 11) is 0. The van der Waals surface area contributed by atoms with E-state index in [1.54, 1.807) is 13.8 Å². The molecule has 0 radical (unpaired) electrons. The topological polar surface area (TPSA) is 80.9 Å². The van der Waals surface area contributed by atoms with Crippen molar-refractivity contribution in [3.63, 3.8) is 0 Å². The second-order valence-electron chi connectivity index (χ2n) is 5.40. The molecule has 0 aromatic heterocycles. The minimum absolute atomic E-state index is 0.160. The number of hydrogen-bond acceptors (Lipinski definition) is 4. The van der Waals surface area contributed by atoms with E-state index in [1.807, 2.05) is 13.8 Å². The zero-order valence-corrected chi connectivity index (χ0v) is 11.5. The van der Waals surface area contributed by atoms with Crippen LogP contribution >= 0.6 is 0 Å². The van der Waals surface area contributed by atoms with Crippen LogP contribution in [0.5, 0.6) is 0 Å². The highest BCUT2D eigenvalue weighted by Crippen LogP contribution is 2.28. The molecule has 0 spiro atoms. The van der Waals surface area contributed by atoms with Crippen molar-refractivity contribution in [2.75, 3.05) is 0 Å². The van der Waals surface area contributed by atoms with Crippen molar-refractivity contribution < 1.29 is 20.4 Å². The van der Waals surface area contributed by atoms with Gasteiger partial charge in [-0.2, -0.15) is 0 Å². The first-order valence-corrected chi connectivity index (χ1v) is 6.47. The first-order valence-electron chi connectivity index (χ1n) is 6.47. The Labute approximate surface area is 104 Å². The van der Waals surface area contributed by atoms with Crippen molar-refractivity contribution in [2.24, 2.45) is 0 Å². The van der Waals surface area contributed by atoms with Crippen molar-refractivity contribution in [2.45, 2.75) is 83.2 Å². The van der Waals surface area contributed by atoms with E-state index in [2.05, 4.69) is 0 Å². The van der Waals surface area contributed by atoms with Crippen LogP contribution in [0.4, 0.5) is 0 Å². The fourth-order valence-corrected chi connectivity index (χ4v) is 1.79. The highest BCUT2D eigenvalue weighted by atomic mass is 16.3. The fourth-order valence-electron chi connectivity index (χ4n) is 1.79. The molecule has 4 N–H and O–H groups in total. The summed E-state index contributed by atoms with van der Waals surface area (Å²) in [6, 6.07) is 0. The van der Waals surface area contributed by atoms with E-state index in [-0.39, 0.29) is 6.42 Å². The molecule has 0 saturated heterocycles. The van der Waals surface area contributed by atoms with Gasteiger partial charge in [-0.15, -0.1) is 0 Å². The van der Waals surface area contributed by atoms with Gasteiger partial charge in [-0.1, -0.05) is 13.8 Å². The van der Waals surface area contributed by atoms with E-state index in [1.165, 1.54) is 0 Å². The molecule has 0 aromatic carbocycles. The average molecular weight is 248 g/mol. The maximum Gasteiger partial charge on any atom is 0.0879 e. The van der Waals surface area contributed by atoms with Gasteiger partial charge in [0.25, 0.3) is 0 Å². The smallest absolute Gasteiger partial charge is 0.0879 e. The summed E-state index contributed by atoms with van der Waals surface area (Å²) in [5, 5.41) is 39.4. The van der Waals surface area contributed by atoms with E-state index in [4.69, 9.17) is 0 Å². The van der Waals surface area contributed by atoms with Crippen LogP contribution in [0.3, 0.4) is 0 Å². The third kappa shape index (κ3) is 5.82. The van der Waals surface area contributed by atoms with E-state index in [9.17, 15) is 20.4 Å². The second-order valence-corrected chi connectivity index (χ2v) is 5.40. The lowest BCUT2D eigenvalue weighted by Crippen LogP contribution is -2.45. The highest BCUT2D eigenvalue weighted by molar-refractivity contribution is 4.89. The zero-order valence-electron chi connectivity index (χ0n) is 11.5. The molecule has 0 aliphatic rings. The molecule has 0 aliphatic heterocycles. The predicted octanol–water partition coefficient (Wildman–Crippen LogP) is 1.20. The Kier molecular flexibility index (Phi) is 6.62. The Morgan fingerprint density at radius 2 is 1.53 bits per heavy atom.